The van der Waals surface area contributed by atoms with Crippen molar-refractivity contribution >= 4 is 18.0 Å². The minimum absolute atomic E-state index is 0.0370. The fourth-order valence-corrected chi connectivity index (χ4v) is 4.60. The summed E-state index contributed by atoms with van der Waals surface area (Å²) in [6.07, 6.45) is 3.35. The Morgan fingerprint density at radius 2 is 2.00 bits per heavy atom. The molecule has 5 nitrogen and oxygen atoms in total. The number of nitrogens with one attached hydrogen (secondary N) is 2. The summed E-state index contributed by atoms with van der Waals surface area (Å²) in [6.45, 7) is 2.17. The second kappa shape index (κ2) is 9.32. The predicted octanol–water partition coefficient (Wildman–Crippen LogP) is 3.90. The third kappa shape index (κ3) is 4.31. The normalized spacial score (nSPS) is 20.8. The van der Waals surface area contributed by atoms with Crippen LogP contribution in [0.3, 0.4) is 0 Å². The second-order valence-corrected chi connectivity index (χ2v) is 8.20. The van der Waals surface area contributed by atoms with Gasteiger partial charge >= 0.3 is 6.03 Å². The average molecular weight is 434 g/mol. The van der Waals surface area contributed by atoms with Gasteiger partial charge in [0.15, 0.2) is 0 Å². The molecule has 8 heteroatoms. The van der Waals surface area contributed by atoms with Crippen LogP contribution < -0.4 is 10.0 Å². The first-order valence-corrected chi connectivity index (χ1v) is 11.3. The third-order valence-corrected chi connectivity index (χ3v) is 6.11. The van der Waals surface area contributed by atoms with Crippen LogP contribution in [0.2, 0.25) is 0 Å². The van der Waals surface area contributed by atoms with Crippen molar-refractivity contribution in [3.8, 4) is 11.1 Å². The van der Waals surface area contributed by atoms with Gasteiger partial charge in [0.05, 0.1) is 24.3 Å². The van der Waals surface area contributed by atoms with E-state index in [0.717, 1.165) is 17.5 Å². The lowest BCUT2D eigenvalue weighted by atomic mass is 9.94. The van der Waals surface area contributed by atoms with E-state index in [0.29, 0.717) is 38.2 Å². The molecule has 1 saturated heterocycles. The molecule has 2 N–H and O–H groups in total. The molecule has 0 bridgehead atoms. The SMILES string of the molecule is CSNCC1CN(C(=O)NC2CCc3cccc(-c4c(F)cccc4F)c32)CCO1. The molecular weight excluding hydrogens is 408 g/mol. The Balaban J connectivity index is 1.54. The summed E-state index contributed by atoms with van der Waals surface area (Å²) in [6, 6.07) is 8.93. The highest BCUT2D eigenvalue weighted by molar-refractivity contribution is 7.96. The highest BCUT2D eigenvalue weighted by Gasteiger charge is 2.31. The smallest absolute Gasteiger partial charge is 0.318 e. The first-order chi connectivity index (χ1) is 14.6. The quantitative estimate of drug-likeness (QED) is 0.703. The van der Waals surface area contributed by atoms with Gasteiger partial charge in [0.25, 0.3) is 0 Å². The molecule has 2 aromatic carbocycles. The molecule has 2 aromatic rings. The number of amides is 2. The van der Waals surface area contributed by atoms with Crippen LogP contribution in [0.15, 0.2) is 36.4 Å². The number of nitrogens with zero attached hydrogens (tertiary/aromatic N) is 1. The van der Waals surface area contributed by atoms with Crippen LogP contribution in [0.1, 0.15) is 23.6 Å². The standard InChI is InChI=1S/C22H25F2N3O2S/c1-30-25-12-15-13-27(10-11-29-15)22(28)26-19-9-8-14-4-2-5-16(20(14)19)21-17(23)6-3-7-18(21)24/h2-7,15,19,25H,8-13H2,1H3,(H,26,28). The Morgan fingerprint density at radius 1 is 1.23 bits per heavy atom. The van der Waals surface area contributed by atoms with Gasteiger partial charge in [-0.05, 0) is 47.9 Å². The third-order valence-electron chi connectivity index (χ3n) is 5.66. The van der Waals surface area contributed by atoms with E-state index in [9.17, 15) is 13.6 Å². The lowest BCUT2D eigenvalue weighted by Gasteiger charge is -2.34. The fourth-order valence-electron chi connectivity index (χ4n) is 4.25. The largest absolute Gasteiger partial charge is 0.373 e. The molecule has 2 aliphatic rings. The summed E-state index contributed by atoms with van der Waals surface area (Å²) < 4.78 is 37.8. The molecule has 1 aliphatic heterocycles. The molecule has 30 heavy (non-hydrogen) atoms. The van der Waals surface area contributed by atoms with E-state index in [1.54, 1.807) is 11.0 Å². The zero-order valence-corrected chi connectivity index (χ0v) is 17.6. The van der Waals surface area contributed by atoms with E-state index >= 15 is 0 Å². The van der Waals surface area contributed by atoms with Crippen LogP contribution in [-0.4, -0.2) is 49.5 Å². The molecule has 0 aromatic heterocycles. The molecule has 1 fully saturated rings. The van der Waals surface area contributed by atoms with Crippen molar-refractivity contribution in [3.05, 3.63) is 59.2 Å². The van der Waals surface area contributed by atoms with E-state index in [1.807, 2.05) is 18.4 Å². The number of fused-ring (bicyclic) bond motifs is 1. The molecule has 1 aliphatic carbocycles. The Kier molecular flexibility index (Phi) is 6.55. The van der Waals surface area contributed by atoms with Gasteiger partial charge in [-0.1, -0.05) is 36.2 Å². The maximum absolute atomic E-state index is 14.5. The van der Waals surface area contributed by atoms with Gasteiger partial charge in [0.2, 0.25) is 0 Å². The number of hydrogen-bond donors (Lipinski definition) is 2. The van der Waals surface area contributed by atoms with Crippen LogP contribution in [-0.2, 0) is 11.2 Å². The van der Waals surface area contributed by atoms with Crippen LogP contribution in [0, 0.1) is 11.6 Å². The van der Waals surface area contributed by atoms with E-state index in [1.165, 1.54) is 30.1 Å². The summed E-state index contributed by atoms with van der Waals surface area (Å²) in [5.41, 5.74) is 2.30. The molecule has 0 saturated carbocycles. The Hall–Kier alpha value is -2.16. The van der Waals surface area contributed by atoms with Crippen LogP contribution in [0.4, 0.5) is 13.6 Å². The van der Waals surface area contributed by atoms with Gasteiger partial charge in [-0.2, -0.15) is 0 Å². The first-order valence-electron chi connectivity index (χ1n) is 10.1. The van der Waals surface area contributed by atoms with Crippen molar-refractivity contribution in [1.82, 2.24) is 14.9 Å². The van der Waals surface area contributed by atoms with E-state index in [2.05, 4.69) is 10.0 Å². The Labute approximate surface area is 179 Å². The number of carbonyl (C=O) groups excluding carboxylic acids is 1. The number of aryl methyl sites for hydroxylation is 1. The van der Waals surface area contributed by atoms with Gasteiger partial charge in [-0.15, -0.1) is 0 Å². The maximum Gasteiger partial charge on any atom is 0.318 e. The van der Waals surface area contributed by atoms with Crippen LogP contribution in [0.5, 0.6) is 0 Å². The second-order valence-electron chi connectivity index (χ2n) is 7.51. The van der Waals surface area contributed by atoms with E-state index in [-0.39, 0.29) is 23.7 Å². The highest BCUT2D eigenvalue weighted by atomic mass is 32.2. The van der Waals surface area contributed by atoms with E-state index < -0.39 is 11.6 Å². The summed E-state index contributed by atoms with van der Waals surface area (Å²) in [5, 5.41) is 3.09. The molecular formula is C22H25F2N3O2S. The number of urea groups is 1. The molecule has 0 radical (unpaired) electrons. The molecule has 2 unspecified atom stereocenters. The van der Waals surface area contributed by atoms with E-state index in [4.69, 9.17) is 4.74 Å². The van der Waals surface area contributed by atoms with Crippen molar-refractivity contribution in [2.45, 2.75) is 25.0 Å². The van der Waals surface area contributed by atoms with Gasteiger partial charge in [-0.3, -0.25) is 4.72 Å². The summed E-state index contributed by atoms with van der Waals surface area (Å²) in [4.78, 5) is 14.7. The summed E-state index contributed by atoms with van der Waals surface area (Å²) in [5.74, 6) is -1.20. The maximum atomic E-state index is 14.5. The van der Waals surface area contributed by atoms with Gasteiger partial charge in [0.1, 0.15) is 11.6 Å². The number of halogens is 2. The van der Waals surface area contributed by atoms with Crippen molar-refractivity contribution < 1.29 is 18.3 Å². The minimum Gasteiger partial charge on any atom is -0.373 e. The Morgan fingerprint density at radius 3 is 2.77 bits per heavy atom. The summed E-state index contributed by atoms with van der Waals surface area (Å²) >= 11 is 1.51. The lowest BCUT2D eigenvalue weighted by molar-refractivity contribution is -0.0104. The molecule has 4 rings (SSSR count). The van der Waals surface area contributed by atoms with Crippen LogP contribution in [0.25, 0.3) is 11.1 Å². The molecule has 0 spiro atoms. The van der Waals surface area contributed by atoms with Crippen molar-refractivity contribution in [2.75, 3.05) is 32.5 Å². The molecule has 1 heterocycles. The number of ether oxygens (including phenoxy) is 1. The van der Waals surface area contributed by atoms with Gasteiger partial charge in [0, 0.05) is 19.6 Å². The van der Waals surface area contributed by atoms with Crippen molar-refractivity contribution in [3.63, 3.8) is 0 Å². The molecule has 2 amide bonds. The van der Waals surface area contributed by atoms with Crippen molar-refractivity contribution in [2.24, 2.45) is 0 Å². The number of carbonyl (C=O) groups is 1. The van der Waals surface area contributed by atoms with Crippen molar-refractivity contribution in [1.29, 1.82) is 0 Å². The lowest BCUT2D eigenvalue weighted by Crippen LogP contribution is -2.52. The monoisotopic (exact) mass is 433 g/mol. The number of morpholine rings is 1. The minimum atomic E-state index is -0.599. The average Bonchev–Trinajstić information content (AvgIpc) is 3.16. The summed E-state index contributed by atoms with van der Waals surface area (Å²) in [7, 11) is 0. The fraction of sp³-hybridized carbons (Fsp3) is 0.409. The highest BCUT2D eigenvalue weighted by Crippen LogP contribution is 2.40. The number of hydrogen-bond acceptors (Lipinski definition) is 4. The number of benzene rings is 2. The molecule has 160 valence electrons. The first kappa shape index (κ1) is 21.1. The zero-order valence-electron chi connectivity index (χ0n) is 16.8. The van der Waals surface area contributed by atoms with Gasteiger partial charge < -0.3 is 15.0 Å². The zero-order chi connectivity index (χ0) is 21.1. The topological polar surface area (TPSA) is 53.6 Å². The van der Waals surface area contributed by atoms with Gasteiger partial charge in [-0.25, -0.2) is 13.6 Å². The molecule has 2 atom stereocenters. The van der Waals surface area contributed by atoms with Crippen LogP contribution >= 0.6 is 11.9 Å². The Bertz CT molecular complexity index is 907. The predicted molar refractivity (Wildman–Crippen MR) is 114 cm³/mol. The number of rotatable bonds is 5.